The van der Waals surface area contributed by atoms with E-state index in [1.54, 1.807) is 0 Å². The molecule has 2 aliphatic heterocycles. The van der Waals surface area contributed by atoms with E-state index in [1.165, 1.54) is 16.7 Å². The first kappa shape index (κ1) is 17.3. The van der Waals surface area contributed by atoms with Crippen LogP contribution in [-0.4, -0.2) is 33.3 Å². The number of hydrogen-bond acceptors (Lipinski definition) is 6. The van der Waals surface area contributed by atoms with Crippen molar-refractivity contribution >= 4 is 22.8 Å². The summed E-state index contributed by atoms with van der Waals surface area (Å²) in [5.41, 5.74) is 5.57. The lowest BCUT2D eigenvalue weighted by Crippen LogP contribution is -2.29. The minimum atomic E-state index is 0.604. The number of ether oxygens (including phenoxy) is 1. The Morgan fingerprint density at radius 1 is 1.03 bits per heavy atom. The standard InChI is InChI=1S/C23H22N6O/c1-2-4-15(5-3-1)14-29-10-8-18-20-21(28-27-18)25-23(26-22(20)29)24-13-16-6-7-19-17(12-16)9-11-30-19/h1-7,12H,8-11,13-14H2,(H2,24,25,26,27,28). The summed E-state index contributed by atoms with van der Waals surface area (Å²) in [6.07, 6.45) is 1.89. The number of anilines is 2. The summed E-state index contributed by atoms with van der Waals surface area (Å²) in [6.45, 7) is 3.16. The molecule has 0 spiro atoms. The zero-order valence-electron chi connectivity index (χ0n) is 16.6. The molecule has 2 aromatic carbocycles. The van der Waals surface area contributed by atoms with E-state index in [-0.39, 0.29) is 0 Å². The van der Waals surface area contributed by atoms with E-state index in [9.17, 15) is 0 Å². The average molecular weight is 398 g/mol. The lowest BCUT2D eigenvalue weighted by Gasteiger charge is -2.28. The van der Waals surface area contributed by atoms with Crippen molar-refractivity contribution in [3.05, 3.63) is 70.9 Å². The number of benzene rings is 2. The summed E-state index contributed by atoms with van der Waals surface area (Å²) in [5.74, 6) is 2.55. The van der Waals surface area contributed by atoms with Gasteiger partial charge in [0.25, 0.3) is 0 Å². The molecule has 7 nitrogen and oxygen atoms in total. The largest absolute Gasteiger partial charge is 0.493 e. The highest BCUT2D eigenvalue weighted by Gasteiger charge is 2.24. The molecule has 0 fully saturated rings. The van der Waals surface area contributed by atoms with Gasteiger partial charge in [-0.15, -0.1) is 0 Å². The SMILES string of the molecule is c1ccc(CN2CCc3[nH]nc4nc(NCc5ccc6c(c5)CCO6)nc2c34)cc1. The zero-order chi connectivity index (χ0) is 19.9. The van der Waals surface area contributed by atoms with Crippen molar-refractivity contribution in [1.82, 2.24) is 20.2 Å². The molecule has 0 unspecified atom stereocenters. The minimum absolute atomic E-state index is 0.604. The lowest BCUT2D eigenvalue weighted by atomic mass is 10.1. The summed E-state index contributed by atoms with van der Waals surface area (Å²) in [4.78, 5) is 11.9. The Morgan fingerprint density at radius 3 is 2.90 bits per heavy atom. The first-order valence-electron chi connectivity index (χ1n) is 10.4. The molecular weight excluding hydrogens is 376 g/mol. The number of aromatic amines is 1. The quantitative estimate of drug-likeness (QED) is 0.536. The van der Waals surface area contributed by atoms with Crippen molar-refractivity contribution in [3.8, 4) is 5.75 Å². The molecule has 2 aliphatic rings. The third-order valence-electron chi connectivity index (χ3n) is 5.82. The number of rotatable bonds is 5. The molecule has 30 heavy (non-hydrogen) atoms. The maximum Gasteiger partial charge on any atom is 0.227 e. The summed E-state index contributed by atoms with van der Waals surface area (Å²) >= 11 is 0. The predicted molar refractivity (Wildman–Crippen MR) is 116 cm³/mol. The maximum absolute atomic E-state index is 5.60. The summed E-state index contributed by atoms with van der Waals surface area (Å²) in [6, 6.07) is 16.8. The van der Waals surface area contributed by atoms with Gasteiger partial charge in [-0.1, -0.05) is 42.5 Å². The van der Waals surface area contributed by atoms with E-state index in [0.29, 0.717) is 12.5 Å². The van der Waals surface area contributed by atoms with Crippen molar-refractivity contribution < 1.29 is 4.74 Å². The molecule has 0 atom stereocenters. The Balaban J connectivity index is 1.29. The molecule has 150 valence electrons. The highest BCUT2D eigenvalue weighted by molar-refractivity contribution is 5.91. The van der Waals surface area contributed by atoms with Gasteiger partial charge in [-0.2, -0.15) is 15.1 Å². The predicted octanol–water partition coefficient (Wildman–Crippen LogP) is 3.46. The molecule has 4 aromatic rings. The van der Waals surface area contributed by atoms with E-state index >= 15 is 0 Å². The topological polar surface area (TPSA) is 79.0 Å². The minimum Gasteiger partial charge on any atom is -0.493 e. The van der Waals surface area contributed by atoms with E-state index < -0.39 is 0 Å². The van der Waals surface area contributed by atoms with Crippen LogP contribution in [0.4, 0.5) is 11.8 Å². The highest BCUT2D eigenvalue weighted by Crippen LogP contribution is 2.32. The number of nitrogens with zero attached hydrogens (tertiary/aromatic N) is 4. The van der Waals surface area contributed by atoms with Gasteiger partial charge in [0.15, 0.2) is 5.65 Å². The Labute approximate surface area is 174 Å². The van der Waals surface area contributed by atoms with Gasteiger partial charge in [-0.05, 0) is 22.8 Å². The van der Waals surface area contributed by atoms with E-state index in [1.807, 2.05) is 6.07 Å². The van der Waals surface area contributed by atoms with Crippen molar-refractivity contribution in [2.75, 3.05) is 23.4 Å². The van der Waals surface area contributed by atoms with Gasteiger partial charge in [-0.25, -0.2) is 0 Å². The van der Waals surface area contributed by atoms with Gasteiger partial charge in [0.2, 0.25) is 5.95 Å². The van der Waals surface area contributed by atoms with Crippen LogP contribution in [0.2, 0.25) is 0 Å². The summed E-state index contributed by atoms with van der Waals surface area (Å²) < 4.78 is 5.60. The third-order valence-corrected chi connectivity index (χ3v) is 5.82. The molecule has 7 heteroatoms. The zero-order valence-corrected chi connectivity index (χ0v) is 16.6. The number of nitrogens with one attached hydrogen (secondary N) is 2. The molecule has 2 N–H and O–H groups in total. The Morgan fingerprint density at radius 2 is 1.97 bits per heavy atom. The van der Waals surface area contributed by atoms with Gasteiger partial charge in [0, 0.05) is 32.5 Å². The monoisotopic (exact) mass is 398 g/mol. The van der Waals surface area contributed by atoms with Crippen molar-refractivity contribution in [1.29, 1.82) is 0 Å². The first-order valence-corrected chi connectivity index (χ1v) is 10.4. The molecule has 0 amide bonds. The summed E-state index contributed by atoms with van der Waals surface area (Å²) in [5, 5.41) is 12.0. The van der Waals surface area contributed by atoms with Crippen molar-refractivity contribution in [2.24, 2.45) is 0 Å². The molecule has 0 radical (unpaired) electrons. The molecule has 0 bridgehead atoms. The van der Waals surface area contributed by atoms with Crippen LogP contribution in [0.5, 0.6) is 5.75 Å². The maximum atomic E-state index is 5.60. The Bertz CT molecular complexity index is 1220. The van der Waals surface area contributed by atoms with Crippen LogP contribution in [0, 0.1) is 0 Å². The molecule has 2 aromatic heterocycles. The van der Waals surface area contributed by atoms with Crippen molar-refractivity contribution in [3.63, 3.8) is 0 Å². The number of H-pyrrole nitrogens is 1. The number of hydrogen-bond donors (Lipinski definition) is 2. The molecular formula is C23H22N6O. The molecule has 6 rings (SSSR count). The average Bonchev–Trinajstić information content (AvgIpc) is 3.42. The number of fused-ring (bicyclic) bond motifs is 1. The summed E-state index contributed by atoms with van der Waals surface area (Å²) in [7, 11) is 0. The third kappa shape index (κ3) is 3.03. The van der Waals surface area contributed by atoms with Gasteiger partial charge < -0.3 is 15.0 Å². The van der Waals surface area contributed by atoms with Crippen LogP contribution in [0.25, 0.3) is 11.0 Å². The van der Waals surface area contributed by atoms with E-state index in [4.69, 9.17) is 9.72 Å². The normalized spacial score (nSPS) is 14.6. The Hall–Kier alpha value is -3.61. The fourth-order valence-corrected chi connectivity index (χ4v) is 4.29. The van der Waals surface area contributed by atoms with Crippen molar-refractivity contribution in [2.45, 2.75) is 25.9 Å². The van der Waals surface area contributed by atoms with Crippen LogP contribution in [0.3, 0.4) is 0 Å². The smallest absolute Gasteiger partial charge is 0.227 e. The molecule has 4 heterocycles. The van der Waals surface area contributed by atoms with Gasteiger partial charge >= 0.3 is 0 Å². The van der Waals surface area contributed by atoms with Gasteiger partial charge in [-0.3, -0.25) is 5.10 Å². The van der Waals surface area contributed by atoms with Crippen LogP contribution >= 0.6 is 0 Å². The fourth-order valence-electron chi connectivity index (χ4n) is 4.29. The van der Waals surface area contributed by atoms with E-state index in [0.717, 1.165) is 60.8 Å². The lowest BCUT2D eigenvalue weighted by molar-refractivity contribution is 0.357. The van der Waals surface area contributed by atoms with Gasteiger partial charge in [0.1, 0.15) is 11.6 Å². The second-order valence-electron chi connectivity index (χ2n) is 7.82. The van der Waals surface area contributed by atoms with Crippen LogP contribution in [0.15, 0.2) is 48.5 Å². The Kier molecular flexibility index (Phi) is 4.04. The van der Waals surface area contributed by atoms with Crippen LogP contribution in [-0.2, 0) is 25.9 Å². The molecule has 0 aliphatic carbocycles. The van der Waals surface area contributed by atoms with E-state index in [2.05, 4.69) is 67.9 Å². The molecule has 0 saturated carbocycles. The second kappa shape index (κ2) is 7.02. The molecule has 0 saturated heterocycles. The van der Waals surface area contributed by atoms with Crippen LogP contribution in [0.1, 0.15) is 22.4 Å². The highest BCUT2D eigenvalue weighted by atomic mass is 16.5. The van der Waals surface area contributed by atoms with Crippen LogP contribution < -0.4 is 15.0 Å². The number of aromatic nitrogens is 4. The fraction of sp³-hybridized carbons (Fsp3) is 0.261. The second-order valence-corrected chi connectivity index (χ2v) is 7.82. The first-order chi connectivity index (χ1) is 14.8. The van der Waals surface area contributed by atoms with Gasteiger partial charge in [0.05, 0.1) is 17.7 Å².